The third-order valence-corrected chi connectivity index (χ3v) is 5.96. The standard InChI is InChI=1S/C15H19FN4O3S/c1-11-17-15(19(18-11)9-10-21)14-3-2-8-20(14)24(22,23)13-6-4-12(16)5-7-13/h4-7,14,21H,2-3,8-10H2,1H3/t14-/m0/s1. The molecule has 2 aromatic rings. The van der Waals surface area contributed by atoms with Gasteiger partial charge < -0.3 is 5.11 Å². The van der Waals surface area contributed by atoms with Crippen molar-refractivity contribution in [2.45, 2.75) is 37.2 Å². The fraction of sp³-hybridized carbons (Fsp3) is 0.467. The van der Waals surface area contributed by atoms with Crippen LogP contribution in [-0.4, -0.2) is 45.7 Å². The smallest absolute Gasteiger partial charge is 0.243 e. The summed E-state index contributed by atoms with van der Waals surface area (Å²) in [6.07, 6.45) is 1.33. The van der Waals surface area contributed by atoms with Crippen molar-refractivity contribution in [1.29, 1.82) is 0 Å². The SMILES string of the molecule is Cc1nc([C@@H]2CCCN2S(=O)(=O)c2ccc(F)cc2)n(CCO)n1. The summed E-state index contributed by atoms with van der Waals surface area (Å²) >= 11 is 0. The Morgan fingerprint density at radius 3 is 2.71 bits per heavy atom. The Morgan fingerprint density at radius 2 is 2.04 bits per heavy atom. The molecule has 0 unspecified atom stereocenters. The van der Waals surface area contributed by atoms with E-state index in [0.29, 0.717) is 31.0 Å². The molecular weight excluding hydrogens is 335 g/mol. The van der Waals surface area contributed by atoms with E-state index in [1.54, 1.807) is 11.6 Å². The summed E-state index contributed by atoms with van der Waals surface area (Å²) in [7, 11) is -3.75. The molecule has 0 spiro atoms. The second-order valence-corrected chi connectivity index (χ2v) is 7.58. The van der Waals surface area contributed by atoms with Crippen LogP contribution < -0.4 is 0 Å². The Balaban J connectivity index is 1.97. The summed E-state index contributed by atoms with van der Waals surface area (Å²) in [4.78, 5) is 4.41. The van der Waals surface area contributed by atoms with Gasteiger partial charge in [0.25, 0.3) is 0 Å². The van der Waals surface area contributed by atoms with E-state index in [4.69, 9.17) is 0 Å². The van der Waals surface area contributed by atoms with E-state index in [0.717, 1.165) is 12.1 Å². The van der Waals surface area contributed by atoms with Crippen molar-refractivity contribution in [2.75, 3.05) is 13.2 Å². The summed E-state index contributed by atoms with van der Waals surface area (Å²) in [5, 5.41) is 13.4. The molecular formula is C15H19FN4O3S. The second-order valence-electron chi connectivity index (χ2n) is 5.69. The Hall–Kier alpha value is -1.84. The molecule has 1 N–H and O–H groups in total. The fourth-order valence-electron chi connectivity index (χ4n) is 3.01. The lowest BCUT2D eigenvalue weighted by atomic mass is 10.2. The molecule has 24 heavy (non-hydrogen) atoms. The number of aliphatic hydroxyl groups is 1. The average Bonchev–Trinajstić information content (AvgIpc) is 3.15. The van der Waals surface area contributed by atoms with E-state index < -0.39 is 21.9 Å². The van der Waals surface area contributed by atoms with Gasteiger partial charge in [-0.15, -0.1) is 0 Å². The number of nitrogens with zero attached hydrogens (tertiary/aromatic N) is 4. The normalized spacial score (nSPS) is 19.0. The second kappa shape index (κ2) is 6.58. The fourth-order valence-corrected chi connectivity index (χ4v) is 4.66. The number of hydrogen-bond acceptors (Lipinski definition) is 5. The van der Waals surface area contributed by atoms with Crippen LogP contribution in [0.5, 0.6) is 0 Å². The third kappa shape index (κ3) is 3.06. The minimum Gasteiger partial charge on any atom is -0.394 e. The van der Waals surface area contributed by atoms with Gasteiger partial charge in [0.15, 0.2) is 0 Å². The Bertz CT molecular complexity index is 820. The van der Waals surface area contributed by atoms with Crippen LogP contribution in [0, 0.1) is 12.7 Å². The number of aryl methyl sites for hydroxylation is 1. The Kier molecular flexibility index (Phi) is 4.66. The van der Waals surface area contributed by atoms with Gasteiger partial charge in [-0.1, -0.05) is 0 Å². The molecule has 1 fully saturated rings. The van der Waals surface area contributed by atoms with E-state index >= 15 is 0 Å². The highest BCUT2D eigenvalue weighted by Crippen LogP contribution is 2.35. The topological polar surface area (TPSA) is 88.3 Å². The zero-order valence-corrected chi connectivity index (χ0v) is 14.1. The molecule has 1 aliphatic rings. The van der Waals surface area contributed by atoms with Crippen LogP contribution in [0.1, 0.15) is 30.5 Å². The molecule has 0 bridgehead atoms. The van der Waals surface area contributed by atoms with Crippen LogP contribution in [0.2, 0.25) is 0 Å². The lowest BCUT2D eigenvalue weighted by Crippen LogP contribution is -2.32. The molecule has 0 saturated carbocycles. The van der Waals surface area contributed by atoms with E-state index in [-0.39, 0.29) is 18.0 Å². The maximum atomic E-state index is 13.1. The van der Waals surface area contributed by atoms with Crippen LogP contribution in [0.15, 0.2) is 29.2 Å². The largest absolute Gasteiger partial charge is 0.394 e. The van der Waals surface area contributed by atoms with Gasteiger partial charge in [0, 0.05) is 6.54 Å². The molecule has 0 radical (unpaired) electrons. The summed E-state index contributed by atoms with van der Waals surface area (Å²) in [5.41, 5.74) is 0. The van der Waals surface area contributed by atoms with Crippen LogP contribution in [0.25, 0.3) is 0 Å². The van der Waals surface area contributed by atoms with Gasteiger partial charge >= 0.3 is 0 Å². The molecule has 1 saturated heterocycles. The van der Waals surface area contributed by atoms with Crippen LogP contribution >= 0.6 is 0 Å². The van der Waals surface area contributed by atoms with Crippen LogP contribution in [0.3, 0.4) is 0 Å². The lowest BCUT2D eigenvalue weighted by Gasteiger charge is -2.23. The van der Waals surface area contributed by atoms with Crippen molar-refractivity contribution in [3.8, 4) is 0 Å². The van der Waals surface area contributed by atoms with Gasteiger partial charge in [-0.25, -0.2) is 22.5 Å². The molecule has 3 rings (SSSR count). The minimum absolute atomic E-state index is 0.0562. The molecule has 7 nitrogen and oxygen atoms in total. The monoisotopic (exact) mass is 354 g/mol. The van der Waals surface area contributed by atoms with Crippen molar-refractivity contribution in [2.24, 2.45) is 0 Å². The zero-order valence-electron chi connectivity index (χ0n) is 13.3. The molecule has 0 amide bonds. The summed E-state index contributed by atoms with van der Waals surface area (Å²) in [6.45, 7) is 2.25. The minimum atomic E-state index is -3.75. The highest BCUT2D eigenvalue weighted by Gasteiger charge is 2.38. The predicted octanol–water partition coefficient (Wildman–Crippen LogP) is 1.24. The van der Waals surface area contributed by atoms with E-state index in [1.165, 1.54) is 16.4 Å². The molecule has 1 aromatic heterocycles. The van der Waals surface area contributed by atoms with Gasteiger partial charge in [-0.3, -0.25) is 0 Å². The number of aromatic nitrogens is 3. The quantitative estimate of drug-likeness (QED) is 0.873. The number of rotatable bonds is 5. The summed E-state index contributed by atoms with van der Waals surface area (Å²) in [5.74, 6) is 0.583. The molecule has 130 valence electrons. The molecule has 1 atom stereocenters. The Labute approximate surface area is 139 Å². The highest BCUT2D eigenvalue weighted by atomic mass is 32.2. The van der Waals surface area contributed by atoms with Gasteiger partial charge in [0.05, 0.1) is 24.1 Å². The van der Waals surface area contributed by atoms with Crippen molar-refractivity contribution in [3.05, 3.63) is 41.7 Å². The first kappa shape index (κ1) is 17.0. The number of hydrogen-bond donors (Lipinski definition) is 1. The first-order valence-corrected chi connectivity index (χ1v) is 9.17. The van der Waals surface area contributed by atoms with Crippen LogP contribution in [-0.2, 0) is 16.6 Å². The lowest BCUT2D eigenvalue weighted by molar-refractivity contribution is 0.261. The molecule has 9 heteroatoms. The van der Waals surface area contributed by atoms with Crippen LogP contribution in [0.4, 0.5) is 4.39 Å². The van der Waals surface area contributed by atoms with Gasteiger partial charge in [0.2, 0.25) is 10.0 Å². The number of halogens is 1. The average molecular weight is 354 g/mol. The first-order chi connectivity index (χ1) is 11.4. The van der Waals surface area contributed by atoms with Gasteiger partial charge in [-0.2, -0.15) is 9.40 Å². The van der Waals surface area contributed by atoms with Crippen molar-refractivity contribution < 1.29 is 17.9 Å². The molecule has 1 aromatic carbocycles. The number of sulfonamides is 1. The number of benzene rings is 1. The maximum absolute atomic E-state index is 13.1. The predicted molar refractivity (Wildman–Crippen MR) is 84.1 cm³/mol. The summed E-state index contributed by atoms with van der Waals surface area (Å²) in [6, 6.07) is 4.37. The molecule has 1 aliphatic heterocycles. The van der Waals surface area contributed by atoms with Gasteiger partial charge in [-0.05, 0) is 44.0 Å². The number of aliphatic hydroxyl groups excluding tert-OH is 1. The maximum Gasteiger partial charge on any atom is 0.243 e. The zero-order chi connectivity index (χ0) is 17.3. The highest BCUT2D eigenvalue weighted by molar-refractivity contribution is 7.89. The van der Waals surface area contributed by atoms with Crippen molar-refractivity contribution in [1.82, 2.24) is 19.1 Å². The van der Waals surface area contributed by atoms with Crippen molar-refractivity contribution in [3.63, 3.8) is 0 Å². The van der Waals surface area contributed by atoms with E-state index in [2.05, 4.69) is 10.1 Å². The summed E-state index contributed by atoms with van der Waals surface area (Å²) < 4.78 is 41.8. The van der Waals surface area contributed by atoms with E-state index in [1.807, 2.05) is 0 Å². The third-order valence-electron chi connectivity index (χ3n) is 4.04. The van der Waals surface area contributed by atoms with Gasteiger partial charge in [0.1, 0.15) is 17.5 Å². The van der Waals surface area contributed by atoms with Crippen molar-refractivity contribution >= 4 is 10.0 Å². The first-order valence-electron chi connectivity index (χ1n) is 7.73. The Morgan fingerprint density at radius 1 is 1.33 bits per heavy atom. The van der Waals surface area contributed by atoms with E-state index in [9.17, 15) is 17.9 Å². The molecule has 2 heterocycles. The molecule has 0 aliphatic carbocycles.